The molecule has 0 N–H and O–H groups in total. The maximum atomic E-state index is 13.9. The van der Waals surface area contributed by atoms with Crippen LogP contribution in [0.3, 0.4) is 0 Å². The summed E-state index contributed by atoms with van der Waals surface area (Å²) in [5, 5.41) is -0.460. The molecule has 2 rings (SSSR count). The Balaban J connectivity index is 2.77. The predicted octanol–water partition coefficient (Wildman–Crippen LogP) is 4.27. The number of fused-ring (bicyclic) bond motifs is 1. The molecule has 27 heavy (non-hydrogen) atoms. The molecule has 0 spiro atoms. The lowest BCUT2D eigenvalue weighted by atomic mass is 9.98. The van der Waals surface area contributed by atoms with Crippen molar-refractivity contribution in [2.24, 2.45) is 0 Å². The van der Waals surface area contributed by atoms with Crippen LogP contribution in [-0.2, 0) is 26.1 Å². The number of carbonyl (C=O) groups excluding carboxylic acids is 1. The Morgan fingerprint density at radius 1 is 1.22 bits per heavy atom. The first-order chi connectivity index (χ1) is 12.4. The molecule has 0 bridgehead atoms. The van der Waals surface area contributed by atoms with Gasteiger partial charge in [-0.25, -0.2) is 4.39 Å². The van der Waals surface area contributed by atoms with E-state index in [-0.39, 0.29) is 33.5 Å². The molecular weight excluding hydrogens is 416 g/mol. The number of alkyl halides is 3. The van der Waals surface area contributed by atoms with Crippen LogP contribution in [0.4, 0.5) is 17.6 Å². The molecule has 148 valence electrons. The fourth-order valence-electron chi connectivity index (χ4n) is 2.37. The van der Waals surface area contributed by atoms with E-state index in [1.165, 1.54) is 19.9 Å². The number of benzene rings is 2. The normalized spacial score (nSPS) is 12.3. The third-order valence-corrected chi connectivity index (χ3v) is 4.80. The van der Waals surface area contributed by atoms with E-state index in [1.807, 2.05) is 0 Å². The van der Waals surface area contributed by atoms with Crippen LogP contribution in [0, 0.1) is 12.7 Å². The van der Waals surface area contributed by atoms with Crippen molar-refractivity contribution in [1.82, 2.24) is 0 Å². The Hall–Kier alpha value is -2.07. The lowest BCUT2D eigenvalue weighted by molar-refractivity contribution is -0.142. The molecule has 0 fully saturated rings. The molecule has 0 aromatic heterocycles. The van der Waals surface area contributed by atoms with E-state index in [2.05, 4.69) is 4.18 Å². The Morgan fingerprint density at radius 2 is 1.85 bits per heavy atom. The molecule has 0 atom stereocenters. The number of aryl methyl sites for hydroxylation is 1. The first-order valence-electron chi connectivity index (χ1n) is 7.45. The first kappa shape index (κ1) is 21.2. The SMILES string of the molecule is CCOC(=O)Cc1c(C)cc2cc(Cl)c(F)cc2c1OS(=O)(=O)C(F)(F)F. The van der Waals surface area contributed by atoms with Crippen LogP contribution in [0.5, 0.6) is 5.75 Å². The van der Waals surface area contributed by atoms with Gasteiger partial charge >= 0.3 is 21.6 Å². The van der Waals surface area contributed by atoms with E-state index >= 15 is 0 Å². The lowest BCUT2D eigenvalue weighted by Crippen LogP contribution is -2.28. The number of halogens is 5. The zero-order valence-corrected chi connectivity index (χ0v) is 15.6. The molecule has 0 saturated carbocycles. The molecule has 2 aromatic rings. The minimum absolute atomic E-state index is 0.00669. The second kappa shape index (κ2) is 7.51. The summed E-state index contributed by atoms with van der Waals surface area (Å²) in [5.74, 6) is -2.61. The molecule has 0 amide bonds. The maximum Gasteiger partial charge on any atom is 0.534 e. The molecule has 0 aliphatic rings. The van der Waals surface area contributed by atoms with Crippen molar-refractivity contribution >= 4 is 38.5 Å². The van der Waals surface area contributed by atoms with Gasteiger partial charge in [0.1, 0.15) is 5.82 Å². The van der Waals surface area contributed by atoms with Gasteiger partial charge in [0.05, 0.1) is 18.1 Å². The number of ether oxygens (including phenoxy) is 1. The van der Waals surface area contributed by atoms with E-state index in [0.717, 1.165) is 12.1 Å². The number of hydrogen-bond acceptors (Lipinski definition) is 5. The molecule has 0 aliphatic carbocycles. The Morgan fingerprint density at radius 3 is 2.41 bits per heavy atom. The van der Waals surface area contributed by atoms with E-state index in [4.69, 9.17) is 16.3 Å². The van der Waals surface area contributed by atoms with Crippen LogP contribution in [0.15, 0.2) is 18.2 Å². The molecule has 11 heteroatoms. The predicted molar refractivity (Wildman–Crippen MR) is 89.6 cm³/mol. The van der Waals surface area contributed by atoms with Gasteiger partial charge in [0.2, 0.25) is 0 Å². The van der Waals surface area contributed by atoms with E-state index < -0.39 is 39.6 Å². The highest BCUT2D eigenvalue weighted by molar-refractivity contribution is 7.88. The van der Waals surface area contributed by atoms with Crippen molar-refractivity contribution in [3.8, 4) is 5.75 Å². The van der Waals surface area contributed by atoms with Crippen molar-refractivity contribution in [3.63, 3.8) is 0 Å². The van der Waals surface area contributed by atoms with Crippen LogP contribution < -0.4 is 4.18 Å². The standard InChI is InChI=1S/C16H13ClF4O5S/c1-3-25-14(22)7-10-8(2)4-9-5-12(17)13(18)6-11(9)15(10)26-27(23,24)16(19,20)21/h4-6H,3,7H2,1-2H3. The van der Waals surface area contributed by atoms with E-state index in [1.54, 1.807) is 0 Å². The minimum Gasteiger partial charge on any atom is -0.466 e. The lowest BCUT2D eigenvalue weighted by Gasteiger charge is -2.17. The summed E-state index contributed by atoms with van der Waals surface area (Å²) in [6.45, 7) is 2.96. The summed E-state index contributed by atoms with van der Waals surface area (Å²) in [4.78, 5) is 11.8. The maximum absolute atomic E-state index is 13.9. The molecule has 0 aliphatic heterocycles. The third kappa shape index (κ3) is 4.44. The largest absolute Gasteiger partial charge is 0.534 e. The second-order valence-electron chi connectivity index (χ2n) is 5.45. The van der Waals surface area contributed by atoms with Crippen LogP contribution in [0.2, 0.25) is 5.02 Å². The van der Waals surface area contributed by atoms with Crippen molar-refractivity contribution in [2.45, 2.75) is 25.8 Å². The Labute approximate surface area is 156 Å². The average molecular weight is 429 g/mol. The highest BCUT2D eigenvalue weighted by Crippen LogP contribution is 2.38. The summed E-state index contributed by atoms with van der Waals surface area (Å²) < 4.78 is 84.3. The molecule has 0 radical (unpaired) electrons. The molecule has 0 saturated heterocycles. The summed E-state index contributed by atoms with van der Waals surface area (Å²) in [7, 11) is -6.06. The van der Waals surface area contributed by atoms with Crippen molar-refractivity contribution in [2.75, 3.05) is 6.61 Å². The second-order valence-corrected chi connectivity index (χ2v) is 7.40. The van der Waals surface area contributed by atoms with Gasteiger partial charge in [-0.15, -0.1) is 0 Å². The number of carbonyl (C=O) groups is 1. The first-order valence-corrected chi connectivity index (χ1v) is 9.23. The van der Waals surface area contributed by atoms with Gasteiger partial charge in [-0.2, -0.15) is 21.6 Å². The molecule has 2 aromatic carbocycles. The summed E-state index contributed by atoms with van der Waals surface area (Å²) >= 11 is 5.68. The highest BCUT2D eigenvalue weighted by Gasteiger charge is 2.49. The quantitative estimate of drug-likeness (QED) is 0.308. The van der Waals surface area contributed by atoms with Gasteiger partial charge in [-0.1, -0.05) is 17.7 Å². The minimum atomic E-state index is -6.06. The molecular formula is C16H13ClF4O5S. The number of hydrogen-bond donors (Lipinski definition) is 0. The topological polar surface area (TPSA) is 69.7 Å². The zero-order chi connectivity index (χ0) is 20.6. The Kier molecular flexibility index (Phi) is 5.91. The van der Waals surface area contributed by atoms with Crippen molar-refractivity contribution < 1.29 is 39.7 Å². The fraction of sp³-hybridized carbons (Fsp3) is 0.312. The van der Waals surface area contributed by atoms with Crippen LogP contribution >= 0.6 is 11.6 Å². The summed E-state index contributed by atoms with van der Waals surface area (Å²) in [6.07, 6.45) is -0.567. The van der Waals surface area contributed by atoms with E-state index in [0.29, 0.717) is 0 Å². The van der Waals surface area contributed by atoms with Gasteiger partial charge < -0.3 is 8.92 Å². The van der Waals surface area contributed by atoms with Gasteiger partial charge in [0.25, 0.3) is 0 Å². The summed E-state index contributed by atoms with van der Waals surface area (Å²) in [6, 6.07) is 3.27. The van der Waals surface area contributed by atoms with Gasteiger partial charge in [-0.3, -0.25) is 4.79 Å². The van der Waals surface area contributed by atoms with Crippen LogP contribution in [0.25, 0.3) is 10.8 Å². The number of rotatable bonds is 5. The fourth-order valence-corrected chi connectivity index (χ4v) is 3.04. The number of esters is 1. The molecule has 0 unspecified atom stereocenters. The monoisotopic (exact) mass is 428 g/mol. The van der Waals surface area contributed by atoms with Crippen molar-refractivity contribution in [3.05, 3.63) is 40.2 Å². The van der Waals surface area contributed by atoms with E-state index in [9.17, 15) is 30.8 Å². The molecule has 5 nitrogen and oxygen atoms in total. The van der Waals surface area contributed by atoms with Gasteiger partial charge in [0, 0.05) is 10.9 Å². The smallest absolute Gasteiger partial charge is 0.466 e. The third-order valence-electron chi connectivity index (χ3n) is 3.56. The average Bonchev–Trinajstić information content (AvgIpc) is 2.52. The van der Waals surface area contributed by atoms with Gasteiger partial charge in [0.15, 0.2) is 5.75 Å². The summed E-state index contributed by atoms with van der Waals surface area (Å²) in [5.41, 5.74) is -5.64. The highest BCUT2D eigenvalue weighted by atomic mass is 35.5. The van der Waals surface area contributed by atoms with Crippen LogP contribution in [-0.4, -0.2) is 26.5 Å². The van der Waals surface area contributed by atoms with Gasteiger partial charge in [-0.05, 0) is 36.9 Å². The molecule has 0 heterocycles. The zero-order valence-electron chi connectivity index (χ0n) is 14.0. The Bertz CT molecular complexity index is 1000. The van der Waals surface area contributed by atoms with Crippen LogP contribution in [0.1, 0.15) is 18.1 Å². The van der Waals surface area contributed by atoms with Crippen molar-refractivity contribution in [1.29, 1.82) is 0 Å².